The molecule has 1 amide bonds. The molecule has 9 heteroatoms. The fraction of sp³-hybridized carbons (Fsp3) is 0.500. The Balaban J connectivity index is 2.79. The van der Waals surface area contributed by atoms with Crippen molar-refractivity contribution in [3.05, 3.63) is 17.0 Å². The molecule has 0 aromatic carbocycles. The number of hydrogen-bond acceptors (Lipinski definition) is 5. The maximum Gasteiger partial charge on any atom is 0.308 e. The number of amides is 1. The Morgan fingerprint density at radius 1 is 1.29 bits per heavy atom. The lowest BCUT2D eigenvalue weighted by Crippen LogP contribution is -2.46. The second kappa shape index (κ2) is 7.01. The average Bonchev–Trinajstić information content (AvgIpc) is 2.75. The van der Waals surface area contributed by atoms with Gasteiger partial charge in [-0.2, -0.15) is 4.72 Å². The van der Waals surface area contributed by atoms with Crippen LogP contribution < -0.4 is 10.0 Å². The number of nitrogens with one attached hydrogen (secondary N) is 2. The van der Waals surface area contributed by atoms with Crippen molar-refractivity contribution in [2.24, 2.45) is 0 Å². The highest BCUT2D eigenvalue weighted by Crippen LogP contribution is 2.22. The van der Waals surface area contributed by atoms with Crippen molar-refractivity contribution in [3.8, 4) is 0 Å². The third kappa shape index (κ3) is 5.44. The first-order valence-electron chi connectivity index (χ1n) is 6.25. The smallest absolute Gasteiger partial charge is 0.308 e. The molecule has 3 N–H and O–H groups in total. The number of carbonyl (C=O) groups is 2. The van der Waals surface area contributed by atoms with Crippen molar-refractivity contribution in [3.63, 3.8) is 0 Å². The van der Waals surface area contributed by atoms with E-state index in [0.29, 0.717) is 4.88 Å². The van der Waals surface area contributed by atoms with E-state index in [4.69, 9.17) is 5.11 Å². The van der Waals surface area contributed by atoms with Crippen molar-refractivity contribution < 1.29 is 23.1 Å². The first kappa shape index (κ1) is 17.6. The number of thiophene rings is 1. The molecule has 21 heavy (non-hydrogen) atoms. The van der Waals surface area contributed by atoms with Crippen LogP contribution in [0.1, 0.15) is 25.6 Å². The minimum absolute atomic E-state index is 0.0112. The number of carboxylic acid groups (broad SMARTS) is 1. The van der Waals surface area contributed by atoms with E-state index in [1.54, 1.807) is 13.8 Å². The van der Waals surface area contributed by atoms with Crippen LogP contribution in [-0.4, -0.2) is 37.5 Å². The molecule has 0 aliphatic carbocycles. The zero-order valence-corrected chi connectivity index (χ0v) is 13.5. The van der Waals surface area contributed by atoms with Crippen LogP contribution in [-0.2, 0) is 26.0 Å². The van der Waals surface area contributed by atoms with Gasteiger partial charge in [0.1, 0.15) is 4.21 Å². The van der Waals surface area contributed by atoms with Gasteiger partial charge in [0, 0.05) is 10.9 Å². The van der Waals surface area contributed by atoms with Gasteiger partial charge in [0.25, 0.3) is 10.0 Å². The van der Waals surface area contributed by atoms with Crippen LogP contribution in [0, 0.1) is 0 Å². The number of carboxylic acids is 1. The Labute approximate surface area is 127 Å². The average molecular weight is 334 g/mol. The Kier molecular flexibility index (Phi) is 5.87. The topological polar surface area (TPSA) is 113 Å². The summed E-state index contributed by atoms with van der Waals surface area (Å²) in [5.74, 6) is -1.45. The lowest BCUT2D eigenvalue weighted by Gasteiger charge is -2.15. The summed E-state index contributed by atoms with van der Waals surface area (Å²) in [5, 5.41) is 11.3. The third-order valence-electron chi connectivity index (χ3n) is 2.38. The SMILES string of the molecule is CC(C)NC(=O)C(C)NS(=O)(=O)c1ccc(CC(=O)O)s1. The van der Waals surface area contributed by atoms with Gasteiger partial charge in [0.15, 0.2) is 0 Å². The third-order valence-corrected chi connectivity index (χ3v) is 5.50. The quantitative estimate of drug-likeness (QED) is 0.675. The molecule has 0 fully saturated rings. The molecule has 1 rings (SSSR count). The van der Waals surface area contributed by atoms with Gasteiger partial charge in [-0.05, 0) is 32.9 Å². The molecule has 7 nitrogen and oxygen atoms in total. The molecule has 1 unspecified atom stereocenters. The van der Waals surface area contributed by atoms with Crippen LogP contribution in [0.25, 0.3) is 0 Å². The van der Waals surface area contributed by atoms with E-state index in [1.807, 2.05) is 0 Å². The highest BCUT2D eigenvalue weighted by molar-refractivity contribution is 7.91. The first-order chi connectivity index (χ1) is 9.61. The molecule has 0 aliphatic heterocycles. The summed E-state index contributed by atoms with van der Waals surface area (Å²) in [4.78, 5) is 22.7. The molecule has 0 aliphatic rings. The van der Waals surface area contributed by atoms with Gasteiger partial charge in [0.2, 0.25) is 5.91 Å². The van der Waals surface area contributed by atoms with Crippen molar-refractivity contribution in [2.45, 2.75) is 43.5 Å². The molecule has 1 aromatic rings. The molecule has 0 bridgehead atoms. The maximum atomic E-state index is 12.1. The molecule has 118 valence electrons. The number of carbonyl (C=O) groups excluding carboxylic acids is 1. The van der Waals surface area contributed by atoms with Gasteiger partial charge in [-0.15, -0.1) is 11.3 Å². The van der Waals surface area contributed by atoms with Crippen LogP contribution in [0.4, 0.5) is 0 Å². The van der Waals surface area contributed by atoms with Crippen LogP contribution in [0.15, 0.2) is 16.3 Å². The number of sulfonamides is 1. The van der Waals surface area contributed by atoms with E-state index in [2.05, 4.69) is 10.0 Å². The van der Waals surface area contributed by atoms with E-state index >= 15 is 0 Å². The fourth-order valence-corrected chi connectivity index (χ4v) is 4.07. The Morgan fingerprint density at radius 3 is 2.43 bits per heavy atom. The standard InChI is InChI=1S/C12H18N2O5S2/c1-7(2)13-12(17)8(3)14-21(18,19)11-5-4-9(20-11)6-10(15)16/h4-5,7-8,14H,6H2,1-3H3,(H,13,17)(H,15,16). The van der Waals surface area contributed by atoms with Gasteiger partial charge >= 0.3 is 5.97 Å². The summed E-state index contributed by atoms with van der Waals surface area (Å²) >= 11 is 0.873. The maximum absolute atomic E-state index is 12.1. The molecular formula is C12H18N2O5S2. The summed E-state index contributed by atoms with van der Waals surface area (Å²) in [7, 11) is -3.84. The number of aliphatic carboxylic acids is 1. The lowest BCUT2D eigenvalue weighted by atomic mass is 10.3. The number of rotatable bonds is 7. The molecule has 0 saturated carbocycles. The van der Waals surface area contributed by atoms with E-state index in [0.717, 1.165) is 11.3 Å². The van der Waals surface area contributed by atoms with E-state index in [-0.39, 0.29) is 16.7 Å². The second-order valence-electron chi connectivity index (χ2n) is 4.80. The summed E-state index contributed by atoms with van der Waals surface area (Å²) in [6, 6.07) is 1.78. The largest absolute Gasteiger partial charge is 0.481 e. The van der Waals surface area contributed by atoms with Crippen molar-refractivity contribution in [1.82, 2.24) is 10.0 Å². The Hall–Kier alpha value is -1.45. The van der Waals surface area contributed by atoms with Crippen LogP contribution in [0.2, 0.25) is 0 Å². The summed E-state index contributed by atoms with van der Waals surface area (Å²) in [6.07, 6.45) is -0.233. The predicted molar refractivity (Wildman–Crippen MR) is 78.7 cm³/mol. The highest BCUT2D eigenvalue weighted by atomic mass is 32.2. The minimum atomic E-state index is -3.84. The molecule has 1 aromatic heterocycles. The zero-order valence-electron chi connectivity index (χ0n) is 11.9. The van der Waals surface area contributed by atoms with Crippen molar-refractivity contribution in [2.75, 3.05) is 0 Å². The minimum Gasteiger partial charge on any atom is -0.481 e. The predicted octanol–water partition coefficient (Wildman–Crippen LogP) is 0.567. The summed E-state index contributed by atoms with van der Waals surface area (Å²) in [6.45, 7) is 4.99. The molecule has 0 saturated heterocycles. The highest BCUT2D eigenvalue weighted by Gasteiger charge is 2.24. The second-order valence-corrected chi connectivity index (χ2v) is 7.91. The van der Waals surface area contributed by atoms with Crippen LogP contribution in [0.5, 0.6) is 0 Å². The summed E-state index contributed by atoms with van der Waals surface area (Å²) in [5.41, 5.74) is 0. The van der Waals surface area contributed by atoms with Gasteiger partial charge in [-0.1, -0.05) is 0 Å². The lowest BCUT2D eigenvalue weighted by molar-refractivity contribution is -0.136. The summed E-state index contributed by atoms with van der Waals surface area (Å²) < 4.78 is 26.5. The molecule has 0 radical (unpaired) electrons. The van der Waals surface area contributed by atoms with Crippen LogP contribution >= 0.6 is 11.3 Å². The van der Waals surface area contributed by atoms with Gasteiger partial charge in [-0.25, -0.2) is 8.42 Å². The molecule has 0 spiro atoms. The molecular weight excluding hydrogens is 316 g/mol. The zero-order chi connectivity index (χ0) is 16.2. The monoisotopic (exact) mass is 334 g/mol. The van der Waals surface area contributed by atoms with E-state index in [9.17, 15) is 18.0 Å². The van der Waals surface area contributed by atoms with E-state index in [1.165, 1.54) is 19.1 Å². The van der Waals surface area contributed by atoms with Gasteiger partial charge in [0.05, 0.1) is 12.5 Å². The van der Waals surface area contributed by atoms with Gasteiger partial charge < -0.3 is 10.4 Å². The molecule has 1 heterocycles. The Bertz CT molecular complexity index is 621. The van der Waals surface area contributed by atoms with E-state index < -0.39 is 27.9 Å². The van der Waals surface area contributed by atoms with Crippen molar-refractivity contribution in [1.29, 1.82) is 0 Å². The first-order valence-corrected chi connectivity index (χ1v) is 8.55. The van der Waals surface area contributed by atoms with Crippen molar-refractivity contribution >= 4 is 33.2 Å². The molecule has 1 atom stereocenters. The fourth-order valence-electron chi connectivity index (χ4n) is 1.50. The normalized spacial score (nSPS) is 13.1. The van der Waals surface area contributed by atoms with Gasteiger partial charge in [-0.3, -0.25) is 9.59 Å². The Morgan fingerprint density at radius 2 is 1.90 bits per heavy atom. The van der Waals surface area contributed by atoms with Crippen LogP contribution in [0.3, 0.4) is 0 Å². The number of hydrogen-bond donors (Lipinski definition) is 3.